The number of aromatic nitrogens is 3. The van der Waals surface area contributed by atoms with E-state index in [0.717, 1.165) is 11.4 Å². The Morgan fingerprint density at radius 1 is 1.09 bits per heavy atom. The van der Waals surface area contributed by atoms with Gasteiger partial charge < -0.3 is 16.0 Å². The van der Waals surface area contributed by atoms with Crippen LogP contribution in [-0.2, 0) is 4.79 Å². The van der Waals surface area contributed by atoms with Crippen LogP contribution in [0.3, 0.4) is 0 Å². The highest BCUT2D eigenvalue weighted by Crippen LogP contribution is 2.14. The van der Waals surface area contributed by atoms with E-state index in [-0.39, 0.29) is 11.8 Å². The smallest absolute Gasteiger partial charge is 0.222 e. The molecule has 7 heteroatoms. The van der Waals surface area contributed by atoms with E-state index in [9.17, 15) is 4.79 Å². The Hall–Kier alpha value is -2.70. The maximum atomic E-state index is 11.5. The lowest BCUT2D eigenvalue weighted by molar-refractivity contribution is -0.123. The molecule has 0 radical (unpaired) electrons. The van der Waals surface area contributed by atoms with Crippen molar-refractivity contribution in [3.63, 3.8) is 0 Å². The van der Waals surface area contributed by atoms with Gasteiger partial charge in [-0.2, -0.15) is 0 Å². The predicted octanol–water partition coefficient (Wildman–Crippen LogP) is 2.11. The zero-order valence-electron chi connectivity index (χ0n) is 13.6. The van der Waals surface area contributed by atoms with E-state index in [0.29, 0.717) is 24.7 Å². The number of pyridine rings is 1. The Morgan fingerprint density at radius 2 is 1.83 bits per heavy atom. The third-order valence-electron chi connectivity index (χ3n) is 3.09. The average molecular weight is 314 g/mol. The SMILES string of the molecule is Cc1ccnc(Nc2cc(NCCNC(=O)C(C)C)ncn2)c1. The lowest BCUT2D eigenvalue weighted by Gasteiger charge is -2.10. The third-order valence-corrected chi connectivity index (χ3v) is 3.09. The van der Waals surface area contributed by atoms with Gasteiger partial charge in [0, 0.05) is 31.3 Å². The number of carbonyl (C=O) groups excluding carboxylic acids is 1. The van der Waals surface area contributed by atoms with Crippen molar-refractivity contribution in [2.45, 2.75) is 20.8 Å². The van der Waals surface area contributed by atoms with Crippen LogP contribution in [0.5, 0.6) is 0 Å². The van der Waals surface area contributed by atoms with Crippen LogP contribution in [0.2, 0.25) is 0 Å². The molecule has 2 rings (SSSR count). The second-order valence-corrected chi connectivity index (χ2v) is 5.50. The highest BCUT2D eigenvalue weighted by Gasteiger charge is 2.05. The molecule has 0 saturated heterocycles. The van der Waals surface area contributed by atoms with Crippen LogP contribution in [0.4, 0.5) is 17.5 Å². The van der Waals surface area contributed by atoms with E-state index in [1.807, 2.05) is 32.9 Å². The van der Waals surface area contributed by atoms with Crippen LogP contribution < -0.4 is 16.0 Å². The van der Waals surface area contributed by atoms with Gasteiger partial charge in [-0.1, -0.05) is 13.8 Å². The first-order chi connectivity index (χ1) is 11.0. The third kappa shape index (κ3) is 5.54. The van der Waals surface area contributed by atoms with E-state index in [1.165, 1.54) is 6.33 Å². The summed E-state index contributed by atoms with van der Waals surface area (Å²) in [7, 11) is 0. The Balaban J connectivity index is 1.86. The van der Waals surface area contributed by atoms with Crippen LogP contribution in [0, 0.1) is 12.8 Å². The Kier molecular flexibility index (Phi) is 5.85. The molecule has 0 fully saturated rings. The summed E-state index contributed by atoms with van der Waals surface area (Å²) >= 11 is 0. The molecule has 2 aromatic heterocycles. The number of carbonyl (C=O) groups is 1. The normalized spacial score (nSPS) is 10.4. The molecular weight excluding hydrogens is 292 g/mol. The molecule has 0 spiro atoms. The molecule has 0 saturated carbocycles. The Bertz CT molecular complexity index is 659. The lowest BCUT2D eigenvalue weighted by atomic mass is 10.2. The molecule has 0 aliphatic heterocycles. The largest absolute Gasteiger partial charge is 0.368 e. The quantitative estimate of drug-likeness (QED) is 0.678. The van der Waals surface area contributed by atoms with Gasteiger partial charge in [-0.3, -0.25) is 4.79 Å². The Morgan fingerprint density at radius 3 is 2.57 bits per heavy atom. The minimum Gasteiger partial charge on any atom is -0.368 e. The fourth-order valence-corrected chi connectivity index (χ4v) is 1.84. The molecule has 1 amide bonds. The average Bonchev–Trinajstić information content (AvgIpc) is 2.51. The molecule has 0 bridgehead atoms. The summed E-state index contributed by atoms with van der Waals surface area (Å²) in [5.41, 5.74) is 1.12. The van der Waals surface area contributed by atoms with Crippen LogP contribution in [0.25, 0.3) is 0 Å². The maximum absolute atomic E-state index is 11.5. The number of amides is 1. The van der Waals surface area contributed by atoms with Crippen molar-refractivity contribution >= 4 is 23.4 Å². The van der Waals surface area contributed by atoms with Crippen LogP contribution in [0.1, 0.15) is 19.4 Å². The summed E-state index contributed by atoms with van der Waals surface area (Å²) in [6.07, 6.45) is 3.22. The second-order valence-electron chi connectivity index (χ2n) is 5.50. The van der Waals surface area contributed by atoms with Crippen LogP contribution in [-0.4, -0.2) is 33.9 Å². The molecule has 7 nitrogen and oxygen atoms in total. The van der Waals surface area contributed by atoms with Gasteiger partial charge in [-0.15, -0.1) is 0 Å². The monoisotopic (exact) mass is 314 g/mol. The molecule has 2 heterocycles. The molecular formula is C16H22N6O. The fourth-order valence-electron chi connectivity index (χ4n) is 1.84. The van der Waals surface area contributed by atoms with Gasteiger partial charge in [-0.05, 0) is 24.6 Å². The molecule has 122 valence electrons. The minimum absolute atomic E-state index is 0.00770. The topological polar surface area (TPSA) is 91.8 Å². The molecule has 0 aliphatic rings. The van der Waals surface area contributed by atoms with Crippen molar-refractivity contribution < 1.29 is 4.79 Å². The van der Waals surface area contributed by atoms with Gasteiger partial charge in [0.25, 0.3) is 0 Å². The number of hydrogen-bond acceptors (Lipinski definition) is 6. The number of rotatable bonds is 7. The molecule has 2 aromatic rings. The molecule has 0 unspecified atom stereocenters. The van der Waals surface area contributed by atoms with Gasteiger partial charge in [0.2, 0.25) is 5.91 Å². The zero-order chi connectivity index (χ0) is 16.7. The number of hydrogen-bond donors (Lipinski definition) is 3. The first-order valence-electron chi connectivity index (χ1n) is 7.58. The number of nitrogens with one attached hydrogen (secondary N) is 3. The standard InChI is InChI=1S/C16H22N6O/c1-11(2)16(23)19-7-6-18-13-9-15(21-10-20-13)22-14-8-12(3)4-5-17-14/h4-5,8-11H,6-7H2,1-3H3,(H,19,23)(H2,17,18,20,21,22). The van der Waals surface area contributed by atoms with E-state index < -0.39 is 0 Å². The van der Waals surface area contributed by atoms with E-state index >= 15 is 0 Å². The van der Waals surface area contributed by atoms with E-state index in [4.69, 9.17) is 0 Å². The Labute approximate surface area is 136 Å². The van der Waals surface area contributed by atoms with Gasteiger partial charge in [-0.25, -0.2) is 15.0 Å². The summed E-state index contributed by atoms with van der Waals surface area (Å²) in [5, 5.41) is 9.13. The van der Waals surface area contributed by atoms with Crippen molar-refractivity contribution in [2.24, 2.45) is 5.92 Å². The van der Waals surface area contributed by atoms with Crippen LogP contribution in [0.15, 0.2) is 30.7 Å². The summed E-state index contributed by atoms with van der Waals surface area (Å²) in [6, 6.07) is 5.68. The van der Waals surface area contributed by atoms with Gasteiger partial charge >= 0.3 is 0 Å². The molecule has 0 aliphatic carbocycles. The molecule has 0 aromatic carbocycles. The lowest BCUT2D eigenvalue weighted by Crippen LogP contribution is -2.31. The second kappa shape index (κ2) is 8.07. The van der Waals surface area contributed by atoms with Crippen molar-refractivity contribution in [1.82, 2.24) is 20.3 Å². The predicted molar refractivity (Wildman–Crippen MR) is 90.6 cm³/mol. The first kappa shape index (κ1) is 16.7. The summed E-state index contributed by atoms with van der Waals surface area (Å²) in [5.74, 6) is 2.12. The summed E-state index contributed by atoms with van der Waals surface area (Å²) in [6.45, 7) is 6.88. The van der Waals surface area contributed by atoms with Gasteiger partial charge in [0.05, 0.1) is 0 Å². The zero-order valence-corrected chi connectivity index (χ0v) is 13.6. The molecule has 0 atom stereocenters. The number of nitrogens with zero attached hydrogens (tertiary/aromatic N) is 3. The van der Waals surface area contributed by atoms with E-state index in [1.54, 1.807) is 12.3 Å². The summed E-state index contributed by atoms with van der Waals surface area (Å²) < 4.78 is 0. The first-order valence-corrected chi connectivity index (χ1v) is 7.58. The van der Waals surface area contributed by atoms with Gasteiger partial charge in [0.1, 0.15) is 23.8 Å². The number of anilines is 3. The molecule has 3 N–H and O–H groups in total. The van der Waals surface area contributed by atoms with Crippen LogP contribution >= 0.6 is 0 Å². The minimum atomic E-state index is -0.00770. The highest BCUT2D eigenvalue weighted by molar-refractivity contribution is 5.77. The number of aryl methyl sites for hydroxylation is 1. The van der Waals surface area contributed by atoms with Crippen molar-refractivity contribution in [3.8, 4) is 0 Å². The van der Waals surface area contributed by atoms with E-state index in [2.05, 4.69) is 30.9 Å². The maximum Gasteiger partial charge on any atom is 0.222 e. The summed E-state index contributed by atoms with van der Waals surface area (Å²) in [4.78, 5) is 24.0. The molecule has 23 heavy (non-hydrogen) atoms. The van der Waals surface area contributed by atoms with Crippen molar-refractivity contribution in [2.75, 3.05) is 23.7 Å². The fraction of sp³-hybridized carbons (Fsp3) is 0.375. The van der Waals surface area contributed by atoms with Gasteiger partial charge in [0.15, 0.2) is 0 Å². The van der Waals surface area contributed by atoms with Crippen molar-refractivity contribution in [3.05, 3.63) is 36.3 Å². The van der Waals surface area contributed by atoms with Crippen molar-refractivity contribution in [1.29, 1.82) is 0 Å². The highest BCUT2D eigenvalue weighted by atomic mass is 16.1.